The first-order valence-electron chi connectivity index (χ1n) is 9.44. The highest BCUT2D eigenvalue weighted by Gasteiger charge is 2.06. The van der Waals surface area contributed by atoms with Crippen molar-refractivity contribution >= 4 is 23.3 Å². The van der Waals surface area contributed by atoms with Crippen molar-refractivity contribution in [2.24, 2.45) is 0 Å². The Kier molecular flexibility index (Phi) is 7.27. The molecule has 3 N–H and O–H groups in total. The number of anilines is 2. The molecule has 154 valence electrons. The smallest absolute Gasteiger partial charge is 0.319 e. The molecule has 3 aromatic rings. The Bertz CT molecular complexity index is 958. The summed E-state index contributed by atoms with van der Waals surface area (Å²) in [5.74, 6) is 1.93. The zero-order valence-electron chi connectivity index (χ0n) is 16.6. The van der Waals surface area contributed by atoms with E-state index in [-0.39, 0.29) is 24.9 Å². The van der Waals surface area contributed by atoms with Gasteiger partial charge in [0, 0.05) is 24.3 Å². The van der Waals surface area contributed by atoms with Gasteiger partial charge in [-0.05, 0) is 60.7 Å². The molecule has 0 aliphatic heterocycles. The Balaban J connectivity index is 1.38. The highest BCUT2D eigenvalue weighted by molar-refractivity contribution is 5.92. The maximum Gasteiger partial charge on any atom is 0.319 e. The predicted molar refractivity (Wildman–Crippen MR) is 116 cm³/mol. The van der Waals surface area contributed by atoms with Gasteiger partial charge in [-0.2, -0.15) is 0 Å². The lowest BCUT2D eigenvalue weighted by molar-refractivity contribution is -0.116. The highest BCUT2D eigenvalue weighted by atomic mass is 16.5. The van der Waals surface area contributed by atoms with Gasteiger partial charge in [-0.3, -0.25) is 4.79 Å². The minimum absolute atomic E-state index is 0.151. The number of carbonyl (C=O) groups is 2. The molecule has 30 heavy (non-hydrogen) atoms. The van der Waals surface area contributed by atoms with Crippen molar-refractivity contribution in [3.05, 3.63) is 78.9 Å². The van der Waals surface area contributed by atoms with E-state index in [9.17, 15) is 9.59 Å². The number of hydrogen-bond acceptors (Lipinski definition) is 4. The van der Waals surface area contributed by atoms with Gasteiger partial charge in [-0.15, -0.1) is 0 Å². The van der Waals surface area contributed by atoms with Gasteiger partial charge in [0.15, 0.2) is 0 Å². The monoisotopic (exact) mass is 405 g/mol. The molecule has 0 aromatic heterocycles. The lowest BCUT2D eigenvalue weighted by atomic mass is 10.3. The first-order valence-corrected chi connectivity index (χ1v) is 9.44. The summed E-state index contributed by atoms with van der Waals surface area (Å²) in [6, 6.07) is 23.1. The van der Waals surface area contributed by atoms with Gasteiger partial charge in [0.1, 0.15) is 17.2 Å². The predicted octanol–water partition coefficient (Wildman–Crippen LogP) is 4.64. The van der Waals surface area contributed by atoms with Crippen LogP contribution in [0.1, 0.15) is 6.42 Å². The molecule has 0 heterocycles. The zero-order valence-corrected chi connectivity index (χ0v) is 16.6. The zero-order chi connectivity index (χ0) is 21.2. The van der Waals surface area contributed by atoms with E-state index in [1.165, 1.54) is 0 Å². The van der Waals surface area contributed by atoms with E-state index in [0.717, 1.165) is 5.75 Å². The number of nitrogens with one attached hydrogen (secondary N) is 3. The summed E-state index contributed by atoms with van der Waals surface area (Å²) in [6.45, 7) is 0.211. The topological polar surface area (TPSA) is 88.7 Å². The summed E-state index contributed by atoms with van der Waals surface area (Å²) in [5, 5.41) is 8.13. The van der Waals surface area contributed by atoms with Gasteiger partial charge in [0.2, 0.25) is 5.91 Å². The molecule has 0 aliphatic carbocycles. The van der Waals surface area contributed by atoms with Crippen LogP contribution in [0.4, 0.5) is 16.2 Å². The fourth-order valence-electron chi connectivity index (χ4n) is 2.59. The van der Waals surface area contributed by atoms with Crippen molar-refractivity contribution in [3.63, 3.8) is 0 Å². The highest BCUT2D eigenvalue weighted by Crippen LogP contribution is 2.22. The van der Waals surface area contributed by atoms with Gasteiger partial charge < -0.3 is 25.4 Å². The fraction of sp³-hybridized carbons (Fsp3) is 0.130. The molecule has 7 heteroatoms. The number of hydrogen-bond donors (Lipinski definition) is 3. The van der Waals surface area contributed by atoms with Gasteiger partial charge in [0.05, 0.1) is 7.11 Å². The molecule has 3 amide bonds. The van der Waals surface area contributed by atoms with Gasteiger partial charge in [-0.25, -0.2) is 4.79 Å². The summed E-state index contributed by atoms with van der Waals surface area (Å²) >= 11 is 0. The Labute approximate surface area is 175 Å². The Hall–Kier alpha value is -4.00. The van der Waals surface area contributed by atoms with Crippen molar-refractivity contribution < 1.29 is 19.1 Å². The molecule has 0 atom stereocenters. The van der Waals surface area contributed by atoms with Gasteiger partial charge in [-0.1, -0.05) is 18.2 Å². The second-order valence-electron chi connectivity index (χ2n) is 6.35. The molecule has 0 aliphatic rings. The van der Waals surface area contributed by atoms with E-state index >= 15 is 0 Å². The molecule has 0 radical (unpaired) electrons. The number of urea groups is 1. The third-order valence-corrected chi connectivity index (χ3v) is 4.10. The minimum Gasteiger partial charge on any atom is -0.497 e. The molecule has 3 aromatic carbocycles. The van der Waals surface area contributed by atoms with E-state index in [1.807, 2.05) is 30.3 Å². The van der Waals surface area contributed by atoms with E-state index in [2.05, 4.69) is 16.0 Å². The molecular weight excluding hydrogens is 382 g/mol. The van der Waals surface area contributed by atoms with Crippen molar-refractivity contribution in [2.45, 2.75) is 6.42 Å². The maximum absolute atomic E-state index is 12.1. The van der Waals surface area contributed by atoms with E-state index in [4.69, 9.17) is 9.47 Å². The van der Waals surface area contributed by atoms with Crippen molar-refractivity contribution in [1.29, 1.82) is 0 Å². The molecule has 0 fully saturated rings. The second-order valence-corrected chi connectivity index (χ2v) is 6.35. The van der Waals surface area contributed by atoms with E-state index in [1.54, 1.807) is 55.6 Å². The van der Waals surface area contributed by atoms with Crippen LogP contribution >= 0.6 is 0 Å². The summed E-state index contributed by atoms with van der Waals surface area (Å²) < 4.78 is 10.8. The Morgan fingerprint density at radius 3 is 1.93 bits per heavy atom. The molecule has 0 spiro atoms. The third-order valence-electron chi connectivity index (χ3n) is 4.10. The molecular formula is C23H23N3O4. The molecule has 7 nitrogen and oxygen atoms in total. The largest absolute Gasteiger partial charge is 0.497 e. The quantitative estimate of drug-likeness (QED) is 0.509. The SMILES string of the molecule is COc1ccc(NC(=O)NCCC(=O)Nc2ccc(Oc3ccccc3)cc2)cc1. The van der Waals surface area contributed by atoms with Crippen molar-refractivity contribution in [1.82, 2.24) is 5.32 Å². The number of amides is 3. The van der Waals surface area contributed by atoms with Crippen LogP contribution < -0.4 is 25.4 Å². The Morgan fingerprint density at radius 1 is 0.733 bits per heavy atom. The second kappa shape index (κ2) is 10.5. The summed E-state index contributed by atoms with van der Waals surface area (Å²) in [6.07, 6.45) is 0.151. The number of ether oxygens (including phenoxy) is 2. The fourth-order valence-corrected chi connectivity index (χ4v) is 2.59. The molecule has 0 saturated carbocycles. The van der Waals surface area contributed by atoms with Crippen LogP contribution in [0, 0.1) is 0 Å². The molecule has 0 bridgehead atoms. The normalized spacial score (nSPS) is 10.0. The van der Waals surface area contributed by atoms with Crippen LogP contribution in [0.2, 0.25) is 0 Å². The average Bonchev–Trinajstić information content (AvgIpc) is 2.76. The third kappa shape index (κ3) is 6.56. The standard InChI is InChI=1S/C23H23N3O4/c1-29-19-11-7-18(8-12-19)26-23(28)24-16-15-22(27)25-17-9-13-21(14-10-17)30-20-5-3-2-4-6-20/h2-14H,15-16H2,1H3,(H,25,27)(H2,24,26,28). The molecule has 0 unspecified atom stereocenters. The molecule has 0 saturated heterocycles. The first-order chi connectivity index (χ1) is 14.6. The van der Waals surface area contributed by atoms with E-state index in [0.29, 0.717) is 22.9 Å². The summed E-state index contributed by atoms with van der Waals surface area (Å²) in [4.78, 5) is 24.0. The van der Waals surface area contributed by atoms with Crippen LogP contribution in [0.3, 0.4) is 0 Å². The number of benzene rings is 3. The molecule has 3 rings (SSSR count). The Morgan fingerprint density at radius 2 is 1.30 bits per heavy atom. The maximum atomic E-state index is 12.1. The van der Waals surface area contributed by atoms with Crippen LogP contribution in [-0.2, 0) is 4.79 Å². The van der Waals surface area contributed by atoms with Crippen LogP contribution in [0.25, 0.3) is 0 Å². The lowest BCUT2D eigenvalue weighted by Gasteiger charge is -2.09. The first kappa shape index (κ1) is 20.7. The summed E-state index contributed by atoms with van der Waals surface area (Å²) in [7, 11) is 1.58. The van der Waals surface area contributed by atoms with Crippen molar-refractivity contribution in [3.8, 4) is 17.2 Å². The van der Waals surface area contributed by atoms with Crippen LogP contribution in [-0.4, -0.2) is 25.6 Å². The number of carbonyl (C=O) groups excluding carboxylic acids is 2. The number of para-hydroxylation sites is 1. The van der Waals surface area contributed by atoms with Crippen LogP contribution in [0.5, 0.6) is 17.2 Å². The number of methoxy groups -OCH3 is 1. The van der Waals surface area contributed by atoms with Crippen molar-refractivity contribution in [2.75, 3.05) is 24.3 Å². The van der Waals surface area contributed by atoms with Gasteiger partial charge >= 0.3 is 6.03 Å². The summed E-state index contributed by atoms with van der Waals surface area (Å²) in [5.41, 5.74) is 1.29. The average molecular weight is 405 g/mol. The minimum atomic E-state index is -0.379. The van der Waals surface area contributed by atoms with Crippen LogP contribution in [0.15, 0.2) is 78.9 Å². The number of rotatable bonds is 8. The van der Waals surface area contributed by atoms with Gasteiger partial charge in [0.25, 0.3) is 0 Å². The van der Waals surface area contributed by atoms with E-state index < -0.39 is 0 Å². The lowest BCUT2D eigenvalue weighted by Crippen LogP contribution is -2.31.